The molecule has 1 heterocycles. The molecule has 1 aromatic rings. The quantitative estimate of drug-likeness (QED) is 0.838. The van der Waals surface area contributed by atoms with Crippen LogP contribution >= 0.6 is 11.6 Å². The summed E-state index contributed by atoms with van der Waals surface area (Å²) in [4.78, 5) is 10.7. The Bertz CT molecular complexity index is 371. The van der Waals surface area contributed by atoms with Crippen LogP contribution < -0.4 is 0 Å². The first-order valence-corrected chi connectivity index (χ1v) is 4.94. The SMILES string of the molecule is C[C@H](C(=O)O)n1cc(Cl)c(C2CC2)n1. The molecule has 0 aliphatic heterocycles. The van der Waals surface area contributed by atoms with Gasteiger partial charge in [0.05, 0.1) is 10.7 Å². The monoisotopic (exact) mass is 214 g/mol. The third kappa shape index (κ3) is 1.62. The summed E-state index contributed by atoms with van der Waals surface area (Å²) in [7, 11) is 0. The molecule has 2 rings (SSSR count). The molecule has 1 aromatic heterocycles. The Morgan fingerprint density at radius 2 is 2.43 bits per heavy atom. The molecule has 76 valence electrons. The van der Waals surface area contributed by atoms with Crippen LogP contribution in [-0.4, -0.2) is 20.9 Å². The zero-order chi connectivity index (χ0) is 10.3. The number of carbonyl (C=O) groups is 1. The van der Waals surface area contributed by atoms with Gasteiger partial charge >= 0.3 is 5.97 Å². The third-order valence-corrected chi connectivity index (χ3v) is 2.72. The van der Waals surface area contributed by atoms with Crippen molar-refractivity contribution in [2.24, 2.45) is 0 Å². The number of halogens is 1. The van der Waals surface area contributed by atoms with Crippen molar-refractivity contribution in [3.8, 4) is 0 Å². The first-order chi connectivity index (χ1) is 6.59. The number of rotatable bonds is 3. The molecule has 4 nitrogen and oxygen atoms in total. The summed E-state index contributed by atoms with van der Waals surface area (Å²) in [6, 6.07) is -0.653. The molecule has 1 fully saturated rings. The third-order valence-electron chi connectivity index (χ3n) is 2.43. The maximum atomic E-state index is 10.7. The standard InChI is InChI=1S/C9H11ClN2O2/c1-5(9(13)14)12-4-7(10)8(11-12)6-2-3-6/h4-6H,2-3H2,1H3,(H,13,14)/t5-/m1/s1. The number of carboxylic acids is 1. The lowest BCUT2D eigenvalue weighted by Crippen LogP contribution is -2.16. The van der Waals surface area contributed by atoms with Crippen molar-refractivity contribution in [2.45, 2.75) is 31.7 Å². The van der Waals surface area contributed by atoms with Gasteiger partial charge in [0.2, 0.25) is 0 Å². The number of aliphatic carboxylic acids is 1. The largest absolute Gasteiger partial charge is 0.480 e. The van der Waals surface area contributed by atoms with Gasteiger partial charge in [0.15, 0.2) is 0 Å². The van der Waals surface area contributed by atoms with Crippen LogP contribution in [0.15, 0.2) is 6.20 Å². The molecule has 0 aromatic carbocycles. The van der Waals surface area contributed by atoms with E-state index in [-0.39, 0.29) is 0 Å². The topological polar surface area (TPSA) is 55.1 Å². The van der Waals surface area contributed by atoms with Gasteiger partial charge in [-0.05, 0) is 19.8 Å². The minimum atomic E-state index is -0.897. The number of nitrogens with zero attached hydrogens (tertiary/aromatic N) is 2. The van der Waals surface area contributed by atoms with Crippen molar-refractivity contribution in [3.05, 3.63) is 16.9 Å². The molecule has 14 heavy (non-hydrogen) atoms. The lowest BCUT2D eigenvalue weighted by molar-refractivity contribution is -0.140. The average Bonchev–Trinajstić information content (AvgIpc) is 2.89. The Morgan fingerprint density at radius 1 is 1.79 bits per heavy atom. The Hall–Kier alpha value is -1.03. The number of carboxylic acid groups (broad SMARTS) is 1. The first-order valence-electron chi connectivity index (χ1n) is 4.57. The van der Waals surface area contributed by atoms with E-state index >= 15 is 0 Å². The van der Waals surface area contributed by atoms with Crippen molar-refractivity contribution in [2.75, 3.05) is 0 Å². The van der Waals surface area contributed by atoms with Crippen molar-refractivity contribution in [1.82, 2.24) is 9.78 Å². The molecule has 1 aliphatic carbocycles. The minimum absolute atomic E-state index is 0.449. The summed E-state index contributed by atoms with van der Waals surface area (Å²) in [5.41, 5.74) is 0.847. The van der Waals surface area contributed by atoms with Crippen LogP contribution in [0.25, 0.3) is 0 Å². The first kappa shape index (κ1) is 9.52. The highest BCUT2D eigenvalue weighted by Crippen LogP contribution is 2.42. The normalized spacial score (nSPS) is 18.1. The van der Waals surface area contributed by atoms with E-state index in [1.807, 2.05) is 0 Å². The van der Waals surface area contributed by atoms with Crippen molar-refractivity contribution in [1.29, 1.82) is 0 Å². The maximum absolute atomic E-state index is 10.7. The van der Waals surface area contributed by atoms with Crippen LogP contribution in [0.3, 0.4) is 0 Å². The van der Waals surface area contributed by atoms with E-state index in [1.54, 1.807) is 13.1 Å². The van der Waals surface area contributed by atoms with E-state index in [1.165, 1.54) is 4.68 Å². The zero-order valence-electron chi connectivity index (χ0n) is 7.77. The van der Waals surface area contributed by atoms with Crippen molar-refractivity contribution in [3.63, 3.8) is 0 Å². The van der Waals surface area contributed by atoms with E-state index in [2.05, 4.69) is 5.10 Å². The Labute approximate surface area is 86.5 Å². The summed E-state index contributed by atoms with van der Waals surface area (Å²) >= 11 is 5.95. The maximum Gasteiger partial charge on any atom is 0.328 e. The van der Waals surface area contributed by atoms with Crippen LogP contribution in [0.1, 0.15) is 37.4 Å². The van der Waals surface area contributed by atoms with Gasteiger partial charge in [0.25, 0.3) is 0 Å². The number of hydrogen-bond acceptors (Lipinski definition) is 2. The fourth-order valence-corrected chi connectivity index (χ4v) is 1.62. The van der Waals surface area contributed by atoms with E-state index in [0.29, 0.717) is 10.9 Å². The predicted octanol–water partition coefficient (Wildman–Crippen LogP) is 2.06. The second-order valence-electron chi connectivity index (χ2n) is 3.63. The van der Waals surface area contributed by atoms with Gasteiger partial charge < -0.3 is 5.11 Å². The molecule has 0 unspecified atom stereocenters. The predicted molar refractivity (Wildman–Crippen MR) is 51.6 cm³/mol. The minimum Gasteiger partial charge on any atom is -0.480 e. The summed E-state index contributed by atoms with van der Waals surface area (Å²) in [6.07, 6.45) is 3.81. The Balaban J connectivity index is 2.27. The van der Waals surface area contributed by atoms with Crippen LogP contribution in [0.4, 0.5) is 0 Å². The fourth-order valence-electron chi connectivity index (χ4n) is 1.33. The summed E-state index contributed by atoms with van der Waals surface area (Å²) < 4.78 is 1.42. The lowest BCUT2D eigenvalue weighted by Gasteiger charge is -2.04. The highest BCUT2D eigenvalue weighted by atomic mass is 35.5. The molecule has 0 spiro atoms. The summed E-state index contributed by atoms with van der Waals surface area (Å²) in [5, 5.41) is 13.6. The molecule has 0 radical (unpaired) electrons. The molecular weight excluding hydrogens is 204 g/mol. The second kappa shape index (κ2) is 3.28. The highest BCUT2D eigenvalue weighted by Gasteiger charge is 2.29. The van der Waals surface area contributed by atoms with Gasteiger partial charge in [-0.15, -0.1) is 0 Å². The van der Waals surface area contributed by atoms with E-state index in [4.69, 9.17) is 16.7 Å². The van der Waals surface area contributed by atoms with E-state index in [9.17, 15) is 4.79 Å². The van der Waals surface area contributed by atoms with Gasteiger partial charge in [-0.25, -0.2) is 4.79 Å². The van der Waals surface area contributed by atoms with Gasteiger partial charge in [-0.1, -0.05) is 11.6 Å². The zero-order valence-corrected chi connectivity index (χ0v) is 8.53. The molecule has 0 amide bonds. The molecular formula is C9H11ClN2O2. The molecule has 0 saturated heterocycles. The van der Waals surface area contributed by atoms with Gasteiger partial charge in [0.1, 0.15) is 6.04 Å². The summed E-state index contributed by atoms with van der Waals surface area (Å²) in [6.45, 7) is 1.59. The molecule has 0 bridgehead atoms. The molecule has 1 N–H and O–H groups in total. The number of hydrogen-bond donors (Lipinski definition) is 1. The molecule has 1 aliphatic rings. The Kier molecular flexibility index (Phi) is 2.23. The average molecular weight is 215 g/mol. The van der Waals surface area contributed by atoms with E-state index < -0.39 is 12.0 Å². The lowest BCUT2D eigenvalue weighted by atomic mass is 10.3. The van der Waals surface area contributed by atoms with E-state index in [0.717, 1.165) is 18.5 Å². The van der Waals surface area contributed by atoms with Crippen molar-refractivity contribution >= 4 is 17.6 Å². The second-order valence-corrected chi connectivity index (χ2v) is 4.04. The summed E-state index contributed by atoms with van der Waals surface area (Å²) in [5.74, 6) is -0.448. The van der Waals surface area contributed by atoms with Crippen LogP contribution in [0.2, 0.25) is 5.02 Å². The van der Waals surface area contributed by atoms with Gasteiger partial charge in [0, 0.05) is 12.1 Å². The van der Waals surface area contributed by atoms with Gasteiger partial charge in [-0.2, -0.15) is 5.10 Å². The highest BCUT2D eigenvalue weighted by molar-refractivity contribution is 6.31. The smallest absolute Gasteiger partial charge is 0.328 e. The van der Waals surface area contributed by atoms with Crippen LogP contribution in [-0.2, 0) is 4.79 Å². The van der Waals surface area contributed by atoms with Gasteiger partial charge in [-0.3, -0.25) is 4.68 Å². The van der Waals surface area contributed by atoms with Crippen molar-refractivity contribution < 1.29 is 9.90 Å². The molecule has 1 atom stereocenters. The Morgan fingerprint density at radius 3 is 2.93 bits per heavy atom. The molecule has 5 heteroatoms. The van der Waals surface area contributed by atoms with Crippen LogP contribution in [0, 0.1) is 0 Å². The molecule has 1 saturated carbocycles. The number of aromatic nitrogens is 2. The van der Waals surface area contributed by atoms with Crippen LogP contribution in [0.5, 0.6) is 0 Å². The fraction of sp³-hybridized carbons (Fsp3) is 0.556.